The van der Waals surface area contributed by atoms with Gasteiger partial charge in [-0.1, -0.05) is 45.6 Å². The Balaban J connectivity index is 2.11. The molecule has 8 heteroatoms. The van der Waals surface area contributed by atoms with Crippen LogP contribution in [0.5, 0.6) is 5.75 Å². The van der Waals surface area contributed by atoms with E-state index in [1.807, 2.05) is 24.3 Å². The van der Waals surface area contributed by atoms with Crippen molar-refractivity contribution in [1.29, 1.82) is 0 Å². The normalized spacial score (nSPS) is 12.4. The Labute approximate surface area is 182 Å². The number of rotatable bonds is 6. The molecule has 2 aromatic carbocycles. The SMILES string of the molecule is CC(C)(C)S(C)(C)Oc1cccc(CNC(=O)c2cc(Cl)c(C(=O)O)c(Cl)c2)c1. The summed E-state index contributed by atoms with van der Waals surface area (Å²) in [6, 6.07) is 10.1. The van der Waals surface area contributed by atoms with Crippen molar-refractivity contribution < 1.29 is 18.9 Å². The number of hydrogen-bond donors (Lipinski definition) is 2. The maximum atomic E-state index is 12.4. The zero-order chi connectivity index (χ0) is 22.0. The fraction of sp³-hybridized carbons (Fsp3) is 0.333. The molecule has 2 aromatic rings. The van der Waals surface area contributed by atoms with Crippen LogP contribution in [0.25, 0.3) is 0 Å². The summed E-state index contributed by atoms with van der Waals surface area (Å²) >= 11 is 11.9. The first kappa shape index (κ1) is 23.4. The molecule has 5 nitrogen and oxygen atoms in total. The van der Waals surface area contributed by atoms with Gasteiger partial charge in [-0.15, -0.1) is 0 Å². The van der Waals surface area contributed by atoms with Crippen molar-refractivity contribution in [3.63, 3.8) is 0 Å². The molecular weight excluding hydrogens is 433 g/mol. The van der Waals surface area contributed by atoms with Crippen LogP contribution < -0.4 is 9.50 Å². The van der Waals surface area contributed by atoms with Gasteiger partial charge in [0.25, 0.3) is 5.91 Å². The predicted molar refractivity (Wildman–Crippen MR) is 121 cm³/mol. The average Bonchev–Trinajstić information content (AvgIpc) is 2.57. The molecule has 1 amide bonds. The molecule has 0 atom stereocenters. The van der Waals surface area contributed by atoms with Crippen molar-refractivity contribution in [3.8, 4) is 5.75 Å². The van der Waals surface area contributed by atoms with E-state index in [-0.39, 0.29) is 32.5 Å². The van der Waals surface area contributed by atoms with Gasteiger partial charge in [-0.25, -0.2) is 4.79 Å². The lowest BCUT2D eigenvalue weighted by molar-refractivity contribution is 0.0696. The van der Waals surface area contributed by atoms with E-state index in [1.165, 1.54) is 12.1 Å². The number of benzene rings is 2. The third-order valence-corrected chi connectivity index (χ3v) is 8.80. The van der Waals surface area contributed by atoms with Crippen molar-refractivity contribution >= 4 is 45.4 Å². The fourth-order valence-corrected chi connectivity index (χ4v) is 3.75. The van der Waals surface area contributed by atoms with E-state index >= 15 is 0 Å². The summed E-state index contributed by atoms with van der Waals surface area (Å²) in [7, 11) is -1.33. The van der Waals surface area contributed by atoms with E-state index in [1.54, 1.807) is 0 Å². The first-order chi connectivity index (χ1) is 13.3. The second-order valence-electron chi connectivity index (χ2n) is 7.88. The number of halogens is 2. The van der Waals surface area contributed by atoms with E-state index in [4.69, 9.17) is 32.5 Å². The molecule has 0 spiro atoms. The van der Waals surface area contributed by atoms with Gasteiger partial charge in [-0.2, -0.15) is 0 Å². The molecule has 0 radical (unpaired) electrons. The Morgan fingerprint density at radius 2 is 1.69 bits per heavy atom. The molecule has 0 aliphatic carbocycles. The molecule has 158 valence electrons. The van der Waals surface area contributed by atoms with Gasteiger partial charge in [0, 0.05) is 16.9 Å². The Morgan fingerprint density at radius 3 is 2.21 bits per heavy atom. The van der Waals surface area contributed by atoms with Crippen molar-refractivity contribution in [1.82, 2.24) is 5.32 Å². The van der Waals surface area contributed by atoms with Crippen LogP contribution >= 0.6 is 33.5 Å². The molecule has 0 unspecified atom stereocenters. The molecule has 2 rings (SSSR count). The standard InChI is InChI=1S/C21H25Cl2NO4S/c1-21(2,3)29(4,5)28-15-8-6-7-13(9-15)12-24-19(25)14-10-16(22)18(20(26)27)17(23)11-14/h6-11H,12H2,1-5H3,(H,24,25)(H,26,27). The summed E-state index contributed by atoms with van der Waals surface area (Å²) in [4.78, 5) is 23.6. The summed E-state index contributed by atoms with van der Waals surface area (Å²) in [5, 5.41) is 11.7. The highest BCUT2D eigenvalue weighted by Crippen LogP contribution is 2.53. The lowest BCUT2D eigenvalue weighted by Crippen LogP contribution is -2.27. The zero-order valence-electron chi connectivity index (χ0n) is 17.0. The number of carbonyl (C=O) groups is 2. The van der Waals surface area contributed by atoms with Crippen molar-refractivity contribution in [2.24, 2.45) is 0 Å². The molecular formula is C21H25Cl2NO4S. The third kappa shape index (κ3) is 5.81. The van der Waals surface area contributed by atoms with Crippen molar-refractivity contribution in [3.05, 3.63) is 63.1 Å². The number of carboxylic acid groups (broad SMARTS) is 1. The number of carbonyl (C=O) groups excluding carboxylic acids is 1. The van der Waals surface area contributed by atoms with E-state index in [9.17, 15) is 9.59 Å². The Morgan fingerprint density at radius 1 is 1.10 bits per heavy atom. The molecule has 0 aliphatic heterocycles. The van der Waals surface area contributed by atoms with Gasteiger partial charge in [-0.05, 0) is 63.1 Å². The molecule has 2 N–H and O–H groups in total. The van der Waals surface area contributed by atoms with Crippen LogP contribution in [0.4, 0.5) is 0 Å². The highest BCUT2D eigenvalue weighted by atomic mass is 35.5. The number of nitrogens with one attached hydrogen (secondary N) is 1. The number of amides is 1. The van der Waals surface area contributed by atoms with Crippen LogP contribution in [-0.2, 0) is 6.54 Å². The Kier molecular flexibility index (Phi) is 7.14. The maximum Gasteiger partial charge on any atom is 0.338 e. The van der Waals surface area contributed by atoms with E-state index in [0.717, 1.165) is 11.3 Å². The van der Waals surface area contributed by atoms with Gasteiger partial charge in [0.05, 0.1) is 15.6 Å². The first-order valence-corrected chi connectivity index (χ1v) is 12.0. The minimum Gasteiger partial charge on any atom is -0.478 e. The number of aromatic carboxylic acids is 1. The Bertz CT molecular complexity index is 916. The second-order valence-corrected chi connectivity index (χ2v) is 12.6. The Hall–Kier alpha value is -1.89. The third-order valence-electron chi connectivity index (χ3n) is 4.65. The summed E-state index contributed by atoms with van der Waals surface area (Å²) in [6.07, 6.45) is 4.24. The molecule has 0 heterocycles. The summed E-state index contributed by atoms with van der Waals surface area (Å²) in [5.74, 6) is -0.898. The van der Waals surface area contributed by atoms with Crippen LogP contribution in [-0.4, -0.2) is 34.2 Å². The number of carboxylic acids is 1. The van der Waals surface area contributed by atoms with Gasteiger partial charge in [0.1, 0.15) is 5.75 Å². The molecule has 29 heavy (non-hydrogen) atoms. The number of hydrogen-bond acceptors (Lipinski definition) is 3. The largest absolute Gasteiger partial charge is 0.478 e. The molecule has 0 saturated carbocycles. The minimum absolute atomic E-state index is 0.0257. The lowest BCUT2D eigenvalue weighted by atomic mass is 10.1. The van der Waals surface area contributed by atoms with Crippen molar-refractivity contribution in [2.45, 2.75) is 32.1 Å². The molecule has 0 fully saturated rings. The molecule has 0 aromatic heterocycles. The average molecular weight is 458 g/mol. The van der Waals surface area contributed by atoms with E-state index in [2.05, 4.69) is 38.6 Å². The lowest BCUT2D eigenvalue weighted by Gasteiger charge is -2.43. The van der Waals surface area contributed by atoms with Gasteiger partial charge in [0.2, 0.25) is 0 Å². The minimum atomic E-state index is -1.33. The van der Waals surface area contributed by atoms with Gasteiger partial charge in [-0.3, -0.25) is 4.79 Å². The fourth-order valence-electron chi connectivity index (χ4n) is 2.27. The smallest absolute Gasteiger partial charge is 0.338 e. The van der Waals surface area contributed by atoms with Crippen LogP contribution in [0, 0.1) is 0 Å². The highest BCUT2D eigenvalue weighted by Gasteiger charge is 2.30. The molecule has 0 bridgehead atoms. The van der Waals surface area contributed by atoms with E-state index < -0.39 is 22.2 Å². The zero-order valence-corrected chi connectivity index (χ0v) is 19.3. The quantitative estimate of drug-likeness (QED) is 0.576. The van der Waals surface area contributed by atoms with Crippen LogP contribution in [0.3, 0.4) is 0 Å². The first-order valence-electron chi connectivity index (χ1n) is 8.83. The van der Waals surface area contributed by atoms with Gasteiger partial charge >= 0.3 is 5.97 Å². The van der Waals surface area contributed by atoms with Crippen LogP contribution in [0.15, 0.2) is 36.4 Å². The molecule has 0 aliphatic rings. The van der Waals surface area contributed by atoms with Crippen molar-refractivity contribution in [2.75, 3.05) is 12.5 Å². The van der Waals surface area contributed by atoms with Crippen LogP contribution in [0.1, 0.15) is 47.1 Å². The van der Waals surface area contributed by atoms with Gasteiger partial charge in [0.15, 0.2) is 0 Å². The summed E-state index contributed by atoms with van der Waals surface area (Å²) < 4.78 is 6.27. The molecule has 0 saturated heterocycles. The van der Waals surface area contributed by atoms with Crippen LogP contribution in [0.2, 0.25) is 10.0 Å². The monoisotopic (exact) mass is 457 g/mol. The topological polar surface area (TPSA) is 75.6 Å². The van der Waals surface area contributed by atoms with Gasteiger partial charge < -0.3 is 14.6 Å². The summed E-state index contributed by atoms with van der Waals surface area (Å²) in [5.41, 5.74) is 0.841. The summed E-state index contributed by atoms with van der Waals surface area (Å²) in [6.45, 7) is 6.73. The van der Waals surface area contributed by atoms with E-state index in [0.29, 0.717) is 0 Å². The highest BCUT2D eigenvalue weighted by molar-refractivity contribution is 8.30. The maximum absolute atomic E-state index is 12.4. The predicted octanol–water partition coefficient (Wildman–Crippen LogP) is 5.78. The second kappa shape index (κ2) is 8.86.